The number of rotatable bonds is 43. The standard InChI is InChI=1S/C24H36N3O4.C16H27NO3.C10H15N2.C8H13NO3.C6H7N2.C4H8.2C3H6.3W.H2/c1-5-7-13-21(12-6-2)23(30-16-17-31-24(29)20(3)4)18-22(19-28)27-26-15-11-9-8-10-14-25;1-4-6-8-14(7-5-2)9-10-15(11-20-12-18)16(19)13(3)17;1-2-3-5-10(7-9-12)6-4-8-11;1-3-7(4-12-5-10)8(11)6(2)9;7-5-3-1-2-4-6-8;1-3-4-2;2*1-3-2;;;;/h5,7,9-11,14-15,19,21,23,25,27-28H,3,6,12-13,16-18H2,1-2,4H3;4,6,9-10,12,14-16,19H,3,5,7-8,11,17H2,1-2H3;3-4,6-9,11-12H,2,5H2,1H3;3,5,7-8,11H,1-2,4,9H2;1,3-8H;3-4H,1-2H3;2*3H,1H2,2H3;;;;1H/q-1;;-1;;-1;;;;;;;/b7-5+,11-9-,22-19-,25-14?,26-15+;6-4+,10-9+;6-4-,10-7-,11-8?,12-9?;;3-1-,7-5?,8-6?;4-3+;;;;;;/i;;;1D;;;;;;;;1+1. The molecule has 0 aromatic heterocycles. The molecule has 542 valence electrons. The summed E-state index contributed by atoms with van der Waals surface area (Å²) in [6.07, 6.45) is 57.8. The van der Waals surface area contributed by atoms with Crippen LogP contribution in [0.1, 0.15) is 130 Å². The van der Waals surface area contributed by atoms with Crippen LogP contribution in [0.4, 0.5) is 0 Å². The molecule has 96 heavy (non-hydrogen) atoms. The monoisotopic (exact) mass is 1850 g/mol. The predicted octanol–water partition coefficient (Wildman–Crippen LogP) is 15.3. The minimum Gasteiger partial charge on any atom is -0.514 e. The van der Waals surface area contributed by atoms with Gasteiger partial charge in [0.15, 0.2) is 0 Å². The maximum Gasteiger partial charge on any atom is 0.333 e. The van der Waals surface area contributed by atoms with Crippen LogP contribution in [-0.2, 0) is 96.5 Å². The smallest absolute Gasteiger partial charge is 0.333 e. The molecule has 0 saturated carbocycles. The molecule has 22 heteroatoms. The van der Waals surface area contributed by atoms with Crippen molar-refractivity contribution in [2.45, 2.75) is 145 Å². The minimum atomic E-state index is -0.999. The molecule has 0 aliphatic heterocycles. The van der Waals surface area contributed by atoms with Gasteiger partial charge in [0.25, 0.3) is 12.9 Å². The van der Waals surface area contributed by atoms with Crippen molar-refractivity contribution in [3.05, 3.63) is 214 Å². The Bertz CT molecular complexity index is 2380. The van der Waals surface area contributed by atoms with Crippen LogP contribution in [0.2, 0.25) is 0 Å². The normalized spacial score (nSPS) is 13.1. The van der Waals surface area contributed by atoms with Gasteiger partial charge in [0.05, 0.1) is 19.8 Å². The van der Waals surface area contributed by atoms with E-state index in [0.717, 1.165) is 88.4 Å². The van der Waals surface area contributed by atoms with Crippen LogP contribution >= 0.6 is 0 Å². The second kappa shape index (κ2) is 96.8. The topological polar surface area (TPSA) is 344 Å². The molecule has 0 heterocycles. The average Bonchev–Trinajstić information content (AvgIpc) is 1.31. The number of nitrogens with one attached hydrogen (secondary N) is 6. The number of nitrogens with two attached hydrogens (primary N) is 2. The number of hydrogen-bond donors (Lipinski definition) is 11. The number of nitrogens with zero attached hydrogens (tertiary/aromatic N) is 1. The minimum absolute atomic E-state index is 0. The molecule has 0 fully saturated rings. The summed E-state index contributed by atoms with van der Waals surface area (Å²) in [7, 11) is 0. The van der Waals surface area contributed by atoms with Gasteiger partial charge >= 0.3 is 5.97 Å². The molecule has 0 amide bonds. The zero-order valence-electron chi connectivity index (χ0n) is 59.7. The number of allylic oxidation sites excluding steroid dienone is 21. The van der Waals surface area contributed by atoms with Crippen molar-refractivity contribution in [3.8, 4) is 0 Å². The van der Waals surface area contributed by atoms with Crippen molar-refractivity contribution in [2.75, 3.05) is 26.4 Å². The first-order valence-electron chi connectivity index (χ1n) is 31.0. The Hall–Kier alpha value is -6.85. The van der Waals surface area contributed by atoms with E-state index in [2.05, 4.69) is 106 Å². The van der Waals surface area contributed by atoms with E-state index in [1.807, 2.05) is 78.0 Å². The summed E-state index contributed by atoms with van der Waals surface area (Å²) < 4.78 is 27.2. The Morgan fingerprint density at radius 1 is 0.729 bits per heavy atom. The molecule has 0 aromatic carbocycles. The van der Waals surface area contributed by atoms with E-state index in [-0.39, 0.29) is 127 Å². The molecular weight excluding hydrogens is 1730 g/mol. The summed E-state index contributed by atoms with van der Waals surface area (Å²) in [5, 5.41) is 66.6. The molecular formula is C74H120N9O10W3-3. The van der Waals surface area contributed by atoms with Gasteiger partial charge in [-0.1, -0.05) is 144 Å². The summed E-state index contributed by atoms with van der Waals surface area (Å²) in [4.78, 5) is 31.7. The predicted molar refractivity (Wildman–Crippen MR) is 396 cm³/mol. The number of hydrogen-bond acceptors (Lipinski definition) is 19. The van der Waals surface area contributed by atoms with Crippen molar-refractivity contribution in [2.24, 2.45) is 40.2 Å². The summed E-state index contributed by atoms with van der Waals surface area (Å²) in [5.41, 5.74) is 15.8. The van der Waals surface area contributed by atoms with Crippen LogP contribution in [0.5, 0.6) is 0 Å². The molecule has 7 atom stereocenters. The number of ether oxygens (including phenoxy) is 4. The van der Waals surface area contributed by atoms with Crippen molar-refractivity contribution in [3.63, 3.8) is 0 Å². The van der Waals surface area contributed by atoms with Crippen LogP contribution in [0, 0.1) is 69.3 Å². The summed E-state index contributed by atoms with van der Waals surface area (Å²) in [6.45, 7) is 39.0. The van der Waals surface area contributed by atoms with Crippen molar-refractivity contribution in [1.29, 1.82) is 27.0 Å². The number of hydrazone groups is 1. The second-order valence-electron chi connectivity index (χ2n) is 18.8. The first-order chi connectivity index (χ1) is 45.2. The largest absolute Gasteiger partial charge is 0.514 e. The Balaban J connectivity index is -0.0000000957. The number of aliphatic hydroxyl groups excluding tert-OH is 3. The van der Waals surface area contributed by atoms with E-state index in [4.69, 9.17) is 54.1 Å². The first kappa shape index (κ1) is 111. The van der Waals surface area contributed by atoms with Crippen LogP contribution in [-0.4, -0.2) is 116 Å². The fourth-order valence-electron chi connectivity index (χ4n) is 6.28. The molecule has 0 bridgehead atoms. The molecule has 0 saturated heterocycles. The van der Waals surface area contributed by atoms with E-state index in [1.54, 1.807) is 49.5 Å². The van der Waals surface area contributed by atoms with Crippen molar-refractivity contribution in [1.82, 2.24) is 5.43 Å². The van der Waals surface area contributed by atoms with Gasteiger partial charge in [-0.15, -0.1) is 31.9 Å². The van der Waals surface area contributed by atoms with Gasteiger partial charge < -0.3 is 79.2 Å². The molecule has 0 rings (SSSR count). The van der Waals surface area contributed by atoms with Gasteiger partial charge in [0.2, 0.25) is 0 Å². The third kappa shape index (κ3) is 89.2. The van der Waals surface area contributed by atoms with Crippen LogP contribution in [0.25, 0.3) is 0 Å². The summed E-state index contributed by atoms with van der Waals surface area (Å²) in [6, 6.07) is 0. The van der Waals surface area contributed by atoms with Gasteiger partial charge in [0, 0.05) is 112 Å². The number of unbranched alkanes of at least 4 members (excludes halogenated alkanes) is 1. The summed E-state index contributed by atoms with van der Waals surface area (Å²) in [5.74, 6) is -0.664. The van der Waals surface area contributed by atoms with Crippen molar-refractivity contribution < 1.29 is 115 Å². The van der Waals surface area contributed by atoms with Crippen LogP contribution in [0.3, 0.4) is 0 Å². The number of esters is 1. The second-order valence-corrected chi connectivity index (χ2v) is 18.8. The molecule has 19 nitrogen and oxygen atoms in total. The van der Waals surface area contributed by atoms with Crippen LogP contribution < -0.4 is 16.9 Å². The SMILES string of the molecule is C/C=C/C.C=C(C)C(=O)OCCOC(C/C(=C/O)N/N=C/C=C\[C-]=CC=N)C(C/C=C/C)CCC.C=C(N)C(O)C(/C=C/C(C/C=C/C)CCC)COC=O.C=CC.C=CC.CC[CH-]CC(/C=C\C=N)=C/C=N.N=CC=[C-]/C=C\C=N.[2HH].[2H]C=CC(COC=O)C(O)C(=C)N.[W].[W].[W]. The fourth-order valence-corrected chi connectivity index (χ4v) is 6.28. The molecule has 0 spiro atoms. The Morgan fingerprint density at radius 2 is 1.24 bits per heavy atom. The average molecular weight is 1850 g/mol. The zero-order chi connectivity index (χ0) is 73.3. The molecule has 0 aromatic rings. The maximum absolute atomic E-state index is 11.5. The van der Waals surface area contributed by atoms with Gasteiger partial charge in [0.1, 0.15) is 38.3 Å². The third-order valence-corrected chi connectivity index (χ3v) is 10.8. The van der Waals surface area contributed by atoms with Gasteiger partial charge in [-0.25, -0.2) is 4.79 Å². The Kier molecular flexibility index (Phi) is 112. The van der Waals surface area contributed by atoms with E-state index in [0.29, 0.717) is 30.1 Å². The fraction of sp³-hybridized carbons (Fsp3) is 0.405. The molecule has 0 aliphatic rings. The maximum atomic E-state index is 11.5. The number of carbonyl (C=O) groups is 3. The number of carbonyl (C=O) groups excluding carboxylic acids is 3. The summed E-state index contributed by atoms with van der Waals surface area (Å²) >= 11 is 0. The van der Waals surface area contributed by atoms with Gasteiger partial charge in [-0.3, -0.25) is 15.0 Å². The molecule has 13 N–H and O–H groups in total. The van der Waals surface area contributed by atoms with E-state index in [1.165, 1.54) is 42.9 Å². The van der Waals surface area contributed by atoms with E-state index in [9.17, 15) is 29.7 Å². The molecule has 7 unspecified atom stereocenters. The van der Waals surface area contributed by atoms with Gasteiger partial charge in [-0.05, 0) is 111 Å². The van der Waals surface area contributed by atoms with Gasteiger partial charge in [-0.2, -0.15) is 54.4 Å². The quantitative estimate of drug-likeness (QED) is 0.00231. The first-order valence-corrected chi connectivity index (χ1v) is 30.4. The van der Waals surface area contributed by atoms with E-state index < -0.39 is 24.1 Å². The zero-order valence-corrected chi connectivity index (χ0v) is 67.5. The Morgan fingerprint density at radius 3 is 1.67 bits per heavy atom. The third-order valence-electron chi connectivity index (χ3n) is 10.8. The number of aliphatic hydroxyl groups is 3. The van der Waals surface area contributed by atoms with E-state index >= 15 is 0 Å². The van der Waals surface area contributed by atoms with Crippen LogP contribution in [0.15, 0.2) is 201 Å². The molecule has 0 aliphatic carbocycles. The Labute approximate surface area is 625 Å². The molecule has 0 radical (unpaired) electrons. The van der Waals surface area contributed by atoms with Crippen molar-refractivity contribution >= 4 is 56.2 Å².